The highest BCUT2D eigenvalue weighted by molar-refractivity contribution is 6.18. The third-order valence-electron chi connectivity index (χ3n) is 3.36. The van der Waals surface area contributed by atoms with E-state index < -0.39 is 0 Å². The highest BCUT2D eigenvalue weighted by Crippen LogP contribution is 2.32. The number of aryl methyl sites for hydroxylation is 1. The summed E-state index contributed by atoms with van der Waals surface area (Å²) in [7, 11) is 0. The molecule has 0 saturated heterocycles. The first-order valence-corrected chi connectivity index (χ1v) is 6.94. The molecular formula is C17H15ClO. The molecule has 3 aromatic carbocycles. The van der Waals surface area contributed by atoms with Crippen LogP contribution in [0.4, 0.5) is 0 Å². The molecule has 1 nitrogen and oxygen atoms in total. The van der Waals surface area contributed by atoms with Crippen LogP contribution in [0.15, 0.2) is 48.5 Å². The molecule has 96 valence electrons. The summed E-state index contributed by atoms with van der Waals surface area (Å²) < 4.78 is 5.82. The van der Waals surface area contributed by atoms with Gasteiger partial charge in [0.05, 0.1) is 5.88 Å². The fraction of sp³-hybridized carbons (Fsp3) is 0.176. The SMILES string of the molecule is Cc1ccc2cc3ccccc3cc2c1OCCCl. The van der Waals surface area contributed by atoms with Crippen LogP contribution in [0.3, 0.4) is 0 Å². The van der Waals surface area contributed by atoms with Gasteiger partial charge in [-0.25, -0.2) is 0 Å². The van der Waals surface area contributed by atoms with E-state index in [1.54, 1.807) is 0 Å². The molecule has 0 aliphatic rings. The minimum Gasteiger partial charge on any atom is -0.491 e. The van der Waals surface area contributed by atoms with Gasteiger partial charge in [-0.2, -0.15) is 0 Å². The van der Waals surface area contributed by atoms with E-state index in [2.05, 4.69) is 55.5 Å². The molecule has 0 N–H and O–H groups in total. The van der Waals surface area contributed by atoms with E-state index in [4.69, 9.17) is 16.3 Å². The van der Waals surface area contributed by atoms with Crippen LogP contribution in [-0.4, -0.2) is 12.5 Å². The zero-order valence-corrected chi connectivity index (χ0v) is 11.6. The Morgan fingerprint density at radius 2 is 1.68 bits per heavy atom. The molecule has 0 amide bonds. The minimum atomic E-state index is 0.503. The Kier molecular flexibility index (Phi) is 3.31. The number of rotatable bonds is 3. The topological polar surface area (TPSA) is 9.23 Å². The molecule has 3 rings (SSSR count). The highest BCUT2D eigenvalue weighted by Gasteiger charge is 2.07. The van der Waals surface area contributed by atoms with Crippen molar-refractivity contribution in [3.05, 3.63) is 54.1 Å². The molecule has 0 saturated carbocycles. The molecule has 0 unspecified atom stereocenters. The molecule has 0 radical (unpaired) electrons. The average molecular weight is 271 g/mol. The van der Waals surface area contributed by atoms with Gasteiger partial charge in [0.1, 0.15) is 12.4 Å². The number of ether oxygens (including phenoxy) is 1. The van der Waals surface area contributed by atoms with Gasteiger partial charge in [-0.15, -0.1) is 11.6 Å². The number of hydrogen-bond donors (Lipinski definition) is 0. The molecule has 2 heteroatoms. The predicted molar refractivity (Wildman–Crippen MR) is 82.4 cm³/mol. The molecule has 0 atom stereocenters. The van der Waals surface area contributed by atoms with Crippen LogP contribution in [0.25, 0.3) is 21.5 Å². The van der Waals surface area contributed by atoms with E-state index in [-0.39, 0.29) is 0 Å². The van der Waals surface area contributed by atoms with Crippen molar-refractivity contribution in [1.82, 2.24) is 0 Å². The third-order valence-corrected chi connectivity index (χ3v) is 3.51. The number of hydrogen-bond acceptors (Lipinski definition) is 1. The zero-order valence-electron chi connectivity index (χ0n) is 10.8. The Bertz CT molecular complexity index is 734. The normalized spacial score (nSPS) is 11.1. The van der Waals surface area contributed by atoms with Gasteiger partial charge >= 0.3 is 0 Å². The van der Waals surface area contributed by atoms with Gasteiger partial charge in [0.25, 0.3) is 0 Å². The van der Waals surface area contributed by atoms with Crippen molar-refractivity contribution >= 4 is 33.1 Å². The van der Waals surface area contributed by atoms with E-state index in [0.29, 0.717) is 12.5 Å². The minimum absolute atomic E-state index is 0.503. The number of benzene rings is 3. The monoisotopic (exact) mass is 270 g/mol. The molecule has 19 heavy (non-hydrogen) atoms. The lowest BCUT2D eigenvalue weighted by Gasteiger charge is -2.12. The summed E-state index contributed by atoms with van der Waals surface area (Å²) in [5, 5.41) is 4.84. The maximum Gasteiger partial charge on any atom is 0.130 e. The Morgan fingerprint density at radius 1 is 0.947 bits per heavy atom. The van der Waals surface area contributed by atoms with Crippen molar-refractivity contribution in [2.75, 3.05) is 12.5 Å². The van der Waals surface area contributed by atoms with Crippen LogP contribution >= 0.6 is 11.6 Å². The largest absolute Gasteiger partial charge is 0.491 e. The van der Waals surface area contributed by atoms with Crippen LogP contribution in [0.2, 0.25) is 0 Å². The summed E-state index contributed by atoms with van der Waals surface area (Å²) in [5.41, 5.74) is 1.15. The fourth-order valence-electron chi connectivity index (χ4n) is 2.43. The maximum atomic E-state index is 5.82. The van der Waals surface area contributed by atoms with Gasteiger partial charge in [0.15, 0.2) is 0 Å². The van der Waals surface area contributed by atoms with Gasteiger partial charge in [-0.3, -0.25) is 0 Å². The second-order valence-electron chi connectivity index (χ2n) is 4.67. The first-order valence-electron chi connectivity index (χ1n) is 6.40. The highest BCUT2D eigenvalue weighted by atomic mass is 35.5. The van der Waals surface area contributed by atoms with Crippen molar-refractivity contribution in [3.8, 4) is 5.75 Å². The molecular weight excluding hydrogens is 256 g/mol. The lowest BCUT2D eigenvalue weighted by Crippen LogP contribution is -2.00. The van der Waals surface area contributed by atoms with Crippen LogP contribution in [0.5, 0.6) is 5.75 Å². The number of alkyl halides is 1. The molecule has 0 aromatic heterocycles. The zero-order chi connectivity index (χ0) is 13.2. The van der Waals surface area contributed by atoms with E-state index in [1.165, 1.54) is 16.2 Å². The molecule has 0 fully saturated rings. The summed E-state index contributed by atoms with van der Waals surface area (Å²) in [6.07, 6.45) is 0. The maximum absolute atomic E-state index is 5.82. The Morgan fingerprint density at radius 3 is 2.42 bits per heavy atom. The molecule has 0 bridgehead atoms. The smallest absolute Gasteiger partial charge is 0.130 e. The lowest BCUT2D eigenvalue weighted by atomic mass is 10.0. The first kappa shape index (κ1) is 12.3. The summed E-state index contributed by atoms with van der Waals surface area (Å²) in [6.45, 7) is 2.60. The molecule has 3 aromatic rings. The summed E-state index contributed by atoms with van der Waals surface area (Å²) in [4.78, 5) is 0. The molecule has 0 aliphatic carbocycles. The van der Waals surface area contributed by atoms with Crippen LogP contribution < -0.4 is 4.74 Å². The quantitative estimate of drug-likeness (QED) is 0.485. The van der Waals surface area contributed by atoms with Crippen molar-refractivity contribution in [2.45, 2.75) is 6.92 Å². The molecule has 0 heterocycles. The lowest BCUT2D eigenvalue weighted by molar-refractivity contribution is 0.344. The Hall–Kier alpha value is -1.73. The second-order valence-corrected chi connectivity index (χ2v) is 5.05. The van der Waals surface area contributed by atoms with E-state index in [0.717, 1.165) is 16.7 Å². The number of fused-ring (bicyclic) bond motifs is 2. The standard InChI is InChI=1S/C17H15ClO/c1-12-6-7-15-10-13-4-2-3-5-14(13)11-16(15)17(12)19-9-8-18/h2-7,10-11H,8-9H2,1H3. The van der Waals surface area contributed by atoms with Gasteiger partial charge in [0, 0.05) is 5.39 Å². The summed E-state index contributed by atoms with van der Waals surface area (Å²) in [6, 6.07) is 17.0. The van der Waals surface area contributed by atoms with Crippen molar-refractivity contribution in [3.63, 3.8) is 0 Å². The molecule has 0 spiro atoms. The van der Waals surface area contributed by atoms with Gasteiger partial charge < -0.3 is 4.74 Å². The third kappa shape index (κ3) is 2.26. The van der Waals surface area contributed by atoms with Crippen LogP contribution in [0.1, 0.15) is 5.56 Å². The van der Waals surface area contributed by atoms with Crippen LogP contribution in [-0.2, 0) is 0 Å². The summed E-state index contributed by atoms with van der Waals surface area (Å²) >= 11 is 5.73. The van der Waals surface area contributed by atoms with Gasteiger partial charge in [-0.05, 0) is 40.8 Å². The van der Waals surface area contributed by atoms with Crippen molar-refractivity contribution in [1.29, 1.82) is 0 Å². The second kappa shape index (κ2) is 5.10. The summed E-state index contributed by atoms with van der Waals surface area (Å²) in [5.74, 6) is 1.45. The molecule has 0 aliphatic heterocycles. The Balaban J connectivity index is 2.27. The average Bonchev–Trinajstić information content (AvgIpc) is 2.44. The van der Waals surface area contributed by atoms with Gasteiger partial charge in [0.2, 0.25) is 0 Å². The Labute approximate surface area is 117 Å². The van der Waals surface area contributed by atoms with E-state index >= 15 is 0 Å². The van der Waals surface area contributed by atoms with E-state index in [9.17, 15) is 0 Å². The van der Waals surface area contributed by atoms with E-state index in [1.807, 2.05) is 0 Å². The fourth-order valence-corrected chi connectivity index (χ4v) is 2.50. The van der Waals surface area contributed by atoms with Crippen LogP contribution in [0, 0.1) is 6.92 Å². The number of halogens is 1. The predicted octanol–water partition coefficient (Wildman–Crippen LogP) is 4.92. The van der Waals surface area contributed by atoms with Gasteiger partial charge in [-0.1, -0.05) is 36.4 Å². The van der Waals surface area contributed by atoms with Crippen molar-refractivity contribution in [2.24, 2.45) is 0 Å². The van der Waals surface area contributed by atoms with Crippen molar-refractivity contribution < 1.29 is 4.74 Å². The first-order chi connectivity index (χ1) is 9.29.